The quantitative estimate of drug-likeness (QED) is 0.549. The minimum Gasteiger partial charge on any atom is -0.379 e. The maximum atomic E-state index is 12.7. The monoisotopic (exact) mass is 439 g/mol. The van der Waals surface area contributed by atoms with Crippen LogP contribution in [0.25, 0.3) is 0 Å². The highest BCUT2D eigenvalue weighted by molar-refractivity contribution is 5.74. The van der Waals surface area contributed by atoms with E-state index >= 15 is 0 Å². The number of ether oxygens (including phenoxy) is 1. The number of anilines is 1. The van der Waals surface area contributed by atoms with Gasteiger partial charge in [0.2, 0.25) is 0 Å². The molecule has 2 aliphatic heterocycles. The molecule has 32 heavy (non-hydrogen) atoms. The van der Waals surface area contributed by atoms with E-state index in [2.05, 4.69) is 27.2 Å². The van der Waals surface area contributed by atoms with Crippen molar-refractivity contribution in [2.75, 3.05) is 57.4 Å². The molecule has 0 aromatic heterocycles. The molecule has 0 saturated carbocycles. The van der Waals surface area contributed by atoms with Crippen LogP contribution in [0.5, 0.6) is 0 Å². The second-order valence-corrected chi connectivity index (χ2v) is 8.06. The lowest BCUT2D eigenvalue weighted by Crippen LogP contribution is -2.51. The fourth-order valence-corrected chi connectivity index (χ4v) is 4.12. The first-order valence-corrected chi connectivity index (χ1v) is 11.0. The minimum atomic E-state index is -0.398. The third-order valence-corrected chi connectivity index (χ3v) is 6.04. The summed E-state index contributed by atoms with van der Waals surface area (Å²) in [6, 6.07) is 14.7. The van der Waals surface area contributed by atoms with Gasteiger partial charge in [-0.15, -0.1) is 0 Å². The Kier molecular flexibility index (Phi) is 7.18. The average molecular weight is 440 g/mol. The Morgan fingerprint density at radius 2 is 1.59 bits per heavy atom. The van der Waals surface area contributed by atoms with Crippen molar-refractivity contribution in [1.29, 1.82) is 0 Å². The molecular weight excluding hydrogens is 410 g/mol. The molecule has 1 N–H and O–H groups in total. The zero-order valence-corrected chi connectivity index (χ0v) is 18.1. The highest BCUT2D eigenvalue weighted by Gasteiger charge is 2.22. The topological polar surface area (TPSA) is 91.2 Å². The number of nitrogens with zero attached hydrogens (tertiary/aromatic N) is 4. The largest absolute Gasteiger partial charge is 0.379 e. The van der Waals surface area contributed by atoms with Crippen LogP contribution in [0.1, 0.15) is 11.1 Å². The van der Waals surface area contributed by atoms with Gasteiger partial charge in [-0.25, -0.2) is 4.79 Å². The number of urea groups is 1. The molecule has 2 heterocycles. The smallest absolute Gasteiger partial charge is 0.317 e. The molecule has 2 saturated heterocycles. The number of nitro groups is 1. The Morgan fingerprint density at radius 3 is 2.25 bits per heavy atom. The van der Waals surface area contributed by atoms with Crippen LogP contribution in [-0.4, -0.2) is 73.2 Å². The van der Waals surface area contributed by atoms with Crippen LogP contribution in [0.2, 0.25) is 0 Å². The van der Waals surface area contributed by atoms with Gasteiger partial charge in [0.1, 0.15) is 0 Å². The van der Waals surface area contributed by atoms with Crippen LogP contribution < -0.4 is 10.2 Å². The summed E-state index contributed by atoms with van der Waals surface area (Å²) < 4.78 is 5.43. The van der Waals surface area contributed by atoms with Gasteiger partial charge in [0.25, 0.3) is 5.69 Å². The molecule has 4 rings (SSSR count). The van der Waals surface area contributed by atoms with E-state index in [4.69, 9.17) is 4.74 Å². The van der Waals surface area contributed by atoms with E-state index in [-0.39, 0.29) is 11.7 Å². The summed E-state index contributed by atoms with van der Waals surface area (Å²) in [5.74, 6) is 0. The molecule has 2 aromatic rings. The Balaban J connectivity index is 1.27. The van der Waals surface area contributed by atoms with Gasteiger partial charge in [-0.2, -0.15) is 0 Å². The average Bonchev–Trinajstić information content (AvgIpc) is 2.84. The molecule has 9 nitrogen and oxygen atoms in total. The first-order valence-electron chi connectivity index (χ1n) is 11.0. The highest BCUT2D eigenvalue weighted by Crippen LogP contribution is 2.21. The van der Waals surface area contributed by atoms with E-state index in [1.807, 2.05) is 17.0 Å². The summed E-state index contributed by atoms with van der Waals surface area (Å²) in [6.07, 6.45) is 0. The lowest BCUT2D eigenvalue weighted by Gasteiger charge is -2.36. The predicted octanol–water partition coefficient (Wildman–Crippen LogP) is 2.46. The lowest BCUT2D eigenvalue weighted by molar-refractivity contribution is -0.384. The van der Waals surface area contributed by atoms with Crippen molar-refractivity contribution in [3.63, 3.8) is 0 Å². The fraction of sp³-hybridized carbons (Fsp3) is 0.435. The van der Waals surface area contributed by atoms with Crippen molar-refractivity contribution < 1.29 is 14.5 Å². The number of carbonyl (C=O) groups is 1. The molecule has 2 amide bonds. The Morgan fingerprint density at radius 1 is 0.938 bits per heavy atom. The summed E-state index contributed by atoms with van der Waals surface area (Å²) in [7, 11) is 0. The van der Waals surface area contributed by atoms with E-state index < -0.39 is 4.92 Å². The van der Waals surface area contributed by atoms with Crippen LogP contribution >= 0.6 is 0 Å². The first-order chi connectivity index (χ1) is 15.6. The number of morpholine rings is 1. The van der Waals surface area contributed by atoms with Crippen molar-refractivity contribution in [2.45, 2.75) is 13.1 Å². The summed E-state index contributed by atoms with van der Waals surface area (Å²) in [4.78, 5) is 29.5. The van der Waals surface area contributed by atoms with Gasteiger partial charge in [-0.3, -0.25) is 15.0 Å². The molecule has 170 valence electrons. The van der Waals surface area contributed by atoms with Crippen LogP contribution in [0, 0.1) is 10.1 Å². The Hall–Kier alpha value is -3.17. The van der Waals surface area contributed by atoms with Crippen molar-refractivity contribution in [3.05, 3.63) is 69.8 Å². The number of benzene rings is 2. The molecule has 0 bridgehead atoms. The summed E-state index contributed by atoms with van der Waals surface area (Å²) in [5.41, 5.74) is 3.39. The normalized spacial score (nSPS) is 17.2. The van der Waals surface area contributed by atoms with Crippen LogP contribution in [0.3, 0.4) is 0 Å². The van der Waals surface area contributed by atoms with E-state index in [1.165, 1.54) is 17.7 Å². The molecule has 0 spiro atoms. The van der Waals surface area contributed by atoms with Crippen molar-refractivity contribution in [2.24, 2.45) is 0 Å². The standard InChI is InChI=1S/C23H29N5O4/c29-23(24-17-19-3-1-2-4-20(19)18-25-13-15-32-16-14-25)27-11-9-26(10-12-27)21-5-7-22(8-6-21)28(30)31/h1-8H,9-18H2,(H,24,29). The fourth-order valence-electron chi connectivity index (χ4n) is 4.12. The zero-order valence-electron chi connectivity index (χ0n) is 18.1. The molecule has 2 fully saturated rings. The summed E-state index contributed by atoms with van der Waals surface area (Å²) >= 11 is 0. The van der Waals surface area contributed by atoms with E-state index in [9.17, 15) is 14.9 Å². The van der Waals surface area contributed by atoms with E-state index in [0.717, 1.165) is 44.1 Å². The number of rotatable bonds is 6. The number of nitrogens with one attached hydrogen (secondary N) is 1. The zero-order chi connectivity index (χ0) is 22.3. The first kappa shape index (κ1) is 22.0. The number of hydrogen-bond donors (Lipinski definition) is 1. The Labute approximate surface area is 187 Å². The van der Waals surface area contributed by atoms with Gasteiger partial charge >= 0.3 is 6.03 Å². The number of carbonyl (C=O) groups excluding carboxylic acids is 1. The molecule has 0 aliphatic carbocycles. The maximum absolute atomic E-state index is 12.7. The number of non-ortho nitro benzene ring substituents is 1. The summed E-state index contributed by atoms with van der Waals surface area (Å²) in [5, 5.41) is 13.9. The number of nitro benzene ring substituents is 1. The predicted molar refractivity (Wildman–Crippen MR) is 122 cm³/mol. The second-order valence-electron chi connectivity index (χ2n) is 8.06. The Bertz CT molecular complexity index is 922. The summed E-state index contributed by atoms with van der Waals surface area (Å²) in [6.45, 7) is 7.37. The van der Waals surface area contributed by atoms with Crippen molar-refractivity contribution in [3.8, 4) is 0 Å². The molecular formula is C23H29N5O4. The number of hydrogen-bond acceptors (Lipinski definition) is 6. The molecule has 0 unspecified atom stereocenters. The van der Waals surface area contributed by atoms with Gasteiger partial charge in [-0.05, 0) is 23.3 Å². The van der Waals surface area contributed by atoms with E-state index in [1.54, 1.807) is 12.1 Å². The lowest BCUT2D eigenvalue weighted by atomic mass is 10.1. The highest BCUT2D eigenvalue weighted by atomic mass is 16.6. The van der Waals surface area contributed by atoms with Gasteiger partial charge in [0.05, 0.1) is 18.1 Å². The molecule has 9 heteroatoms. The van der Waals surface area contributed by atoms with Crippen LogP contribution in [0.15, 0.2) is 48.5 Å². The third kappa shape index (κ3) is 5.54. The van der Waals surface area contributed by atoms with Gasteiger partial charge < -0.3 is 19.9 Å². The molecule has 0 atom stereocenters. The van der Waals surface area contributed by atoms with Gasteiger partial charge in [-0.1, -0.05) is 24.3 Å². The maximum Gasteiger partial charge on any atom is 0.317 e. The second kappa shape index (κ2) is 10.4. The van der Waals surface area contributed by atoms with Crippen molar-refractivity contribution >= 4 is 17.4 Å². The molecule has 2 aliphatic rings. The number of amides is 2. The molecule has 0 radical (unpaired) electrons. The van der Waals surface area contributed by atoms with Crippen LogP contribution in [0.4, 0.5) is 16.2 Å². The van der Waals surface area contributed by atoms with Crippen molar-refractivity contribution in [1.82, 2.24) is 15.1 Å². The number of piperazine rings is 1. The van der Waals surface area contributed by atoms with Crippen LogP contribution in [-0.2, 0) is 17.8 Å². The van der Waals surface area contributed by atoms with E-state index in [0.29, 0.717) is 32.7 Å². The van der Waals surface area contributed by atoms with Gasteiger partial charge in [0.15, 0.2) is 0 Å². The minimum absolute atomic E-state index is 0.0606. The SMILES string of the molecule is O=C(NCc1ccccc1CN1CCOCC1)N1CCN(c2ccc([N+](=O)[O-])cc2)CC1. The third-order valence-electron chi connectivity index (χ3n) is 6.04. The van der Waals surface area contributed by atoms with Gasteiger partial charge in [0, 0.05) is 70.2 Å². The molecule has 2 aromatic carbocycles.